The molecule has 17 heavy (non-hydrogen) atoms. The lowest BCUT2D eigenvalue weighted by Crippen LogP contribution is -2.21. The molecule has 3 nitrogen and oxygen atoms in total. The van der Waals surface area contributed by atoms with Crippen molar-refractivity contribution in [3.05, 3.63) is 24.0 Å². The number of nitriles is 1. The fourth-order valence-corrected chi connectivity index (χ4v) is 2.28. The van der Waals surface area contributed by atoms with Crippen LogP contribution in [-0.2, 0) is 13.0 Å². The van der Waals surface area contributed by atoms with Crippen molar-refractivity contribution in [1.29, 1.82) is 5.26 Å². The van der Waals surface area contributed by atoms with Crippen molar-refractivity contribution in [2.45, 2.75) is 51.6 Å². The molecule has 0 amide bonds. The Morgan fingerprint density at radius 1 is 1.59 bits per heavy atom. The molecule has 0 aliphatic heterocycles. The van der Waals surface area contributed by atoms with Crippen LogP contribution in [0.5, 0.6) is 0 Å². The first-order valence-corrected chi connectivity index (χ1v) is 6.45. The lowest BCUT2D eigenvalue weighted by molar-refractivity contribution is 0.432. The number of nitrogens with two attached hydrogens (primary N) is 1. The molecule has 0 bridgehead atoms. The van der Waals surface area contributed by atoms with Crippen LogP contribution >= 0.6 is 0 Å². The summed E-state index contributed by atoms with van der Waals surface area (Å²) in [4.78, 5) is 0. The third kappa shape index (κ3) is 3.10. The van der Waals surface area contributed by atoms with E-state index < -0.39 is 0 Å². The lowest BCUT2D eigenvalue weighted by atomic mass is 10.0. The Balaban J connectivity index is 1.93. The SMILES string of the molecule is CCC(N)Cc1ccn(CC2(CC#N)CC2)c1. The van der Waals surface area contributed by atoms with Crippen LogP contribution in [-0.4, -0.2) is 10.6 Å². The molecule has 1 aromatic rings. The van der Waals surface area contributed by atoms with Crippen LogP contribution in [0.4, 0.5) is 0 Å². The maximum atomic E-state index is 8.80. The Kier molecular flexibility index (Phi) is 3.54. The van der Waals surface area contributed by atoms with E-state index in [4.69, 9.17) is 11.0 Å². The van der Waals surface area contributed by atoms with Crippen LogP contribution in [0.2, 0.25) is 0 Å². The summed E-state index contributed by atoms with van der Waals surface area (Å²) in [5, 5.41) is 8.80. The van der Waals surface area contributed by atoms with Gasteiger partial charge in [-0.1, -0.05) is 6.92 Å². The quantitative estimate of drug-likeness (QED) is 0.817. The molecule has 2 rings (SSSR count). The van der Waals surface area contributed by atoms with Gasteiger partial charge in [-0.2, -0.15) is 5.26 Å². The molecule has 1 fully saturated rings. The molecule has 1 aliphatic rings. The number of hydrogen-bond acceptors (Lipinski definition) is 2. The van der Waals surface area contributed by atoms with Crippen molar-refractivity contribution >= 4 is 0 Å². The van der Waals surface area contributed by atoms with Crippen molar-refractivity contribution in [3.8, 4) is 6.07 Å². The number of hydrogen-bond donors (Lipinski definition) is 1. The molecule has 2 N–H and O–H groups in total. The van der Waals surface area contributed by atoms with Crippen molar-refractivity contribution in [1.82, 2.24) is 4.57 Å². The standard InChI is InChI=1S/C14H21N3/c1-2-13(16)9-12-3-8-17(10-12)11-14(4-5-14)6-7-15/h3,8,10,13H,2,4-6,9,11,16H2,1H3. The summed E-state index contributed by atoms with van der Waals surface area (Å²) in [7, 11) is 0. The van der Waals surface area contributed by atoms with Gasteiger partial charge in [-0.15, -0.1) is 0 Å². The summed E-state index contributed by atoms with van der Waals surface area (Å²) in [6.07, 6.45) is 9.36. The average Bonchev–Trinajstić information content (AvgIpc) is 2.91. The van der Waals surface area contributed by atoms with Crippen LogP contribution < -0.4 is 5.73 Å². The number of aromatic nitrogens is 1. The van der Waals surface area contributed by atoms with E-state index in [1.54, 1.807) is 0 Å². The smallest absolute Gasteiger partial charge is 0.0628 e. The molecule has 0 saturated heterocycles. The molecule has 0 radical (unpaired) electrons. The van der Waals surface area contributed by atoms with Crippen LogP contribution in [0.3, 0.4) is 0 Å². The van der Waals surface area contributed by atoms with Crippen LogP contribution in [0.15, 0.2) is 18.5 Å². The Labute approximate surface area is 103 Å². The second-order valence-corrected chi connectivity index (χ2v) is 5.40. The van der Waals surface area contributed by atoms with Gasteiger partial charge in [0.05, 0.1) is 6.07 Å². The van der Waals surface area contributed by atoms with E-state index >= 15 is 0 Å². The van der Waals surface area contributed by atoms with Gasteiger partial charge in [0, 0.05) is 36.8 Å². The molecule has 1 saturated carbocycles. The Bertz CT molecular complexity index is 409. The first kappa shape index (κ1) is 12.2. The van der Waals surface area contributed by atoms with Crippen molar-refractivity contribution < 1.29 is 0 Å². The van der Waals surface area contributed by atoms with Crippen LogP contribution in [0.1, 0.15) is 38.2 Å². The maximum absolute atomic E-state index is 8.80. The maximum Gasteiger partial charge on any atom is 0.0628 e. The van der Waals surface area contributed by atoms with E-state index in [0.29, 0.717) is 6.42 Å². The van der Waals surface area contributed by atoms with E-state index in [2.05, 4.69) is 36.0 Å². The fourth-order valence-electron chi connectivity index (χ4n) is 2.28. The summed E-state index contributed by atoms with van der Waals surface area (Å²) in [6, 6.07) is 4.72. The zero-order chi connectivity index (χ0) is 12.3. The van der Waals surface area contributed by atoms with E-state index in [-0.39, 0.29) is 11.5 Å². The van der Waals surface area contributed by atoms with E-state index in [9.17, 15) is 0 Å². The molecule has 3 heteroatoms. The van der Waals surface area contributed by atoms with Crippen molar-refractivity contribution in [2.75, 3.05) is 0 Å². The number of nitrogens with zero attached hydrogens (tertiary/aromatic N) is 2. The zero-order valence-electron chi connectivity index (χ0n) is 10.5. The summed E-state index contributed by atoms with van der Waals surface area (Å²) in [5.41, 5.74) is 7.54. The summed E-state index contributed by atoms with van der Waals surface area (Å²) >= 11 is 0. The second kappa shape index (κ2) is 4.93. The molecule has 1 aliphatic carbocycles. The van der Waals surface area contributed by atoms with E-state index in [0.717, 1.165) is 19.4 Å². The molecular weight excluding hydrogens is 210 g/mol. The Morgan fingerprint density at radius 2 is 2.35 bits per heavy atom. The van der Waals surface area contributed by atoms with Crippen LogP contribution in [0, 0.1) is 16.7 Å². The monoisotopic (exact) mass is 231 g/mol. The minimum atomic E-state index is 0.264. The molecule has 1 unspecified atom stereocenters. The fraction of sp³-hybridized carbons (Fsp3) is 0.643. The van der Waals surface area contributed by atoms with Crippen LogP contribution in [0.25, 0.3) is 0 Å². The lowest BCUT2D eigenvalue weighted by Gasteiger charge is -2.12. The largest absolute Gasteiger partial charge is 0.353 e. The highest BCUT2D eigenvalue weighted by Crippen LogP contribution is 2.49. The molecule has 92 valence electrons. The van der Waals surface area contributed by atoms with Gasteiger partial charge in [0.2, 0.25) is 0 Å². The highest BCUT2D eigenvalue weighted by molar-refractivity contribution is 5.13. The normalized spacial score (nSPS) is 18.6. The molecule has 1 heterocycles. The minimum absolute atomic E-state index is 0.264. The predicted octanol–water partition coefficient (Wildman–Crippen LogP) is 2.46. The highest BCUT2D eigenvalue weighted by Gasteiger charge is 2.42. The molecular formula is C14H21N3. The van der Waals surface area contributed by atoms with Crippen molar-refractivity contribution in [3.63, 3.8) is 0 Å². The second-order valence-electron chi connectivity index (χ2n) is 5.40. The third-order valence-electron chi connectivity index (χ3n) is 3.76. The Hall–Kier alpha value is -1.27. The van der Waals surface area contributed by atoms with Gasteiger partial charge in [-0.25, -0.2) is 0 Å². The van der Waals surface area contributed by atoms with Gasteiger partial charge in [0.15, 0.2) is 0 Å². The summed E-state index contributed by atoms with van der Waals surface area (Å²) in [5.74, 6) is 0. The Morgan fingerprint density at radius 3 is 2.94 bits per heavy atom. The van der Waals surface area contributed by atoms with E-state index in [1.165, 1.54) is 18.4 Å². The van der Waals surface area contributed by atoms with Gasteiger partial charge in [0.25, 0.3) is 0 Å². The predicted molar refractivity (Wildman–Crippen MR) is 68.3 cm³/mol. The zero-order valence-corrected chi connectivity index (χ0v) is 10.5. The first-order valence-electron chi connectivity index (χ1n) is 6.45. The molecule has 1 atom stereocenters. The van der Waals surface area contributed by atoms with Crippen molar-refractivity contribution in [2.24, 2.45) is 11.1 Å². The van der Waals surface area contributed by atoms with Gasteiger partial charge in [-0.05, 0) is 37.3 Å². The molecule has 0 spiro atoms. The summed E-state index contributed by atoms with van der Waals surface area (Å²) < 4.78 is 2.22. The topological polar surface area (TPSA) is 54.7 Å². The van der Waals surface area contributed by atoms with E-state index in [1.807, 2.05) is 0 Å². The molecule has 0 aromatic carbocycles. The molecule has 1 aromatic heterocycles. The first-order chi connectivity index (χ1) is 8.17. The summed E-state index contributed by atoms with van der Waals surface area (Å²) in [6.45, 7) is 3.11. The van der Waals surface area contributed by atoms with Gasteiger partial charge in [0.1, 0.15) is 0 Å². The van der Waals surface area contributed by atoms with Gasteiger partial charge in [-0.3, -0.25) is 0 Å². The average molecular weight is 231 g/mol. The third-order valence-corrected chi connectivity index (χ3v) is 3.76. The minimum Gasteiger partial charge on any atom is -0.353 e. The van der Waals surface area contributed by atoms with Gasteiger partial charge >= 0.3 is 0 Å². The van der Waals surface area contributed by atoms with Gasteiger partial charge < -0.3 is 10.3 Å². The number of rotatable bonds is 6. The highest BCUT2D eigenvalue weighted by atomic mass is 15.0.